The van der Waals surface area contributed by atoms with Crippen molar-refractivity contribution in [3.05, 3.63) is 0 Å². The highest BCUT2D eigenvalue weighted by molar-refractivity contribution is 5.80. The quantitative estimate of drug-likeness (QED) is 0.595. The second kappa shape index (κ2) is 9.04. The van der Waals surface area contributed by atoms with E-state index in [1.165, 1.54) is 77.7 Å². The van der Waals surface area contributed by atoms with E-state index in [1.807, 2.05) is 7.05 Å². The first-order valence-corrected chi connectivity index (χ1v) is 10.2. The molecule has 0 aromatic rings. The maximum atomic E-state index is 4.46. The third-order valence-corrected chi connectivity index (χ3v) is 6.23. The summed E-state index contributed by atoms with van der Waals surface area (Å²) < 4.78 is 0. The van der Waals surface area contributed by atoms with Crippen LogP contribution in [0.3, 0.4) is 0 Å². The van der Waals surface area contributed by atoms with E-state index >= 15 is 0 Å². The molecule has 1 saturated carbocycles. The minimum atomic E-state index is 0.565. The molecule has 0 radical (unpaired) electrons. The molecule has 0 aromatic carbocycles. The van der Waals surface area contributed by atoms with Gasteiger partial charge in [-0.1, -0.05) is 19.8 Å². The summed E-state index contributed by atoms with van der Waals surface area (Å²) in [5.41, 5.74) is 0. The largest absolute Gasteiger partial charge is 0.356 e. The summed E-state index contributed by atoms with van der Waals surface area (Å²) in [7, 11) is 1.90. The molecule has 2 saturated heterocycles. The highest BCUT2D eigenvalue weighted by Gasteiger charge is 2.30. The van der Waals surface area contributed by atoms with Crippen LogP contribution in [-0.2, 0) is 0 Å². The molecule has 3 fully saturated rings. The Balaban J connectivity index is 1.39. The standard InChI is InChI=1S/C19H37N5/c1-3-23-11-6-7-16(14-23)13-21-19(20-2)22-17-10-12-24(15-17)18-8-4-5-9-18/h16-18H,3-15H2,1-2H3,(H2,20,21,22). The number of piperidine rings is 1. The Hall–Kier alpha value is -0.810. The van der Waals surface area contributed by atoms with Gasteiger partial charge in [0.05, 0.1) is 0 Å². The molecule has 0 bridgehead atoms. The van der Waals surface area contributed by atoms with Gasteiger partial charge in [0.1, 0.15) is 0 Å². The van der Waals surface area contributed by atoms with E-state index < -0.39 is 0 Å². The monoisotopic (exact) mass is 335 g/mol. The molecule has 2 atom stereocenters. The van der Waals surface area contributed by atoms with Crippen LogP contribution >= 0.6 is 0 Å². The molecule has 0 amide bonds. The van der Waals surface area contributed by atoms with E-state index in [0.29, 0.717) is 6.04 Å². The van der Waals surface area contributed by atoms with Gasteiger partial charge in [0.15, 0.2) is 5.96 Å². The Bertz CT molecular complexity index is 405. The van der Waals surface area contributed by atoms with Gasteiger partial charge in [-0.3, -0.25) is 9.89 Å². The van der Waals surface area contributed by atoms with Crippen molar-refractivity contribution in [3.63, 3.8) is 0 Å². The van der Waals surface area contributed by atoms with Crippen molar-refractivity contribution >= 4 is 5.96 Å². The lowest BCUT2D eigenvalue weighted by Gasteiger charge is -2.32. The van der Waals surface area contributed by atoms with Gasteiger partial charge in [0.25, 0.3) is 0 Å². The topological polar surface area (TPSA) is 42.9 Å². The third kappa shape index (κ3) is 4.85. The minimum Gasteiger partial charge on any atom is -0.356 e. The maximum absolute atomic E-state index is 4.46. The van der Waals surface area contributed by atoms with Crippen molar-refractivity contribution in [2.75, 3.05) is 46.3 Å². The number of nitrogens with one attached hydrogen (secondary N) is 2. The number of nitrogens with zero attached hydrogens (tertiary/aromatic N) is 3. The molecule has 138 valence electrons. The maximum Gasteiger partial charge on any atom is 0.191 e. The van der Waals surface area contributed by atoms with Crippen LogP contribution in [0.15, 0.2) is 4.99 Å². The van der Waals surface area contributed by atoms with Crippen LogP contribution in [-0.4, -0.2) is 74.2 Å². The number of likely N-dealkylation sites (tertiary alicyclic amines) is 2. The summed E-state index contributed by atoms with van der Waals surface area (Å²) >= 11 is 0. The Kier molecular flexibility index (Phi) is 6.78. The number of aliphatic imine (C=N–C) groups is 1. The first kappa shape index (κ1) is 18.0. The molecule has 3 aliphatic rings. The number of rotatable bonds is 5. The minimum absolute atomic E-state index is 0.565. The summed E-state index contributed by atoms with van der Waals surface area (Å²) in [5.74, 6) is 1.76. The summed E-state index contributed by atoms with van der Waals surface area (Å²) in [6, 6.07) is 1.42. The fraction of sp³-hybridized carbons (Fsp3) is 0.947. The summed E-state index contributed by atoms with van der Waals surface area (Å²) in [4.78, 5) is 9.74. The SMILES string of the molecule is CCN1CCCC(CNC(=NC)NC2CCN(C3CCCC3)C2)C1. The Morgan fingerprint density at radius 2 is 1.88 bits per heavy atom. The molecule has 24 heavy (non-hydrogen) atoms. The third-order valence-electron chi connectivity index (χ3n) is 6.23. The van der Waals surface area contributed by atoms with Crippen LogP contribution in [0.5, 0.6) is 0 Å². The van der Waals surface area contributed by atoms with Gasteiger partial charge in [0, 0.05) is 45.3 Å². The lowest BCUT2D eigenvalue weighted by molar-refractivity contribution is 0.183. The second-order valence-electron chi connectivity index (χ2n) is 7.92. The van der Waals surface area contributed by atoms with Crippen LogP contribution in [0.4, 0.5) is 0 Å². The Morgan fingerprint density at radius 3 is 2.62 bits per heavy atom. The van der Waals surface area contributed by atoms with Gasteiger partial charge in [-0.25, -0.2) is 0 Å². The van der Waals surface area contributed by atoms with Crippen molar-refractivity contribution in [1.29, 1.82) is 0 Å². The lowest BCUT2D eigenvalue weighted by Crippen LogP contribution is -2.48. The van der Waals surface area contributed by atoms with E-state index in [4.69, 9.17) is 0 Å². The van der Waals surface area contributed by atoms with Crippen LogP contribution < -0.4 is 10.6 Å². The smallest absolute Gasteiger partial charge is 0.191 e. The van der Waals surface area contributed by atoms with Crippen molar-refractivity contribution in [3.8, 4) is 0 Å². The predicted molar refractivity (Wildman–Crippen MR) is 102 cm³/mol. The van der Waals surface area contributed by atoms with Gasteiger partial charge in [-0.2, -0.15) is 0 Å². The summed E-state index contributed by atoms with van der Waals surface area (Å²) in [6.45, 7) is 9.47. The van der Waals surface area contributed by atoms with E-state index in [9.17, 15) is 0 Å². The molecule has 1 aliphatic carbocycles. The molecule has 2 heterocycles. The zero-order valence-electron chi connectivity index (χ0n) is 15.8. The molecule has 5 nitrogen and oxygen atoms in total. The van der Waals surface area contributed by atoms with E-state index in [-0.39, 0.29) is 0 Å². The average Bonchev–Trinajstić information content (AvgIpc) is 3.30. The van der Waals surface area contributed by atoms with Crippen molar-refractivity contribution in [1.82, 2.24) is 20.4 Å². The molecule has 0 spiro atoms. The number of guanidine groups is 1. The highest BCUT2D eigenvalue weighted by atomic mass is 15.3. The number of hydrogen-bond acceptors (Lipinski definition) is 3. The van der Waals surface area contributed by atoms with Crippen molar-refractivity contribution in [2.24, 2.45) is 10.9 Å². The van der Waals surface area contributed by atoms with Gasteiger partial charge in [-0.05, 0) is 51.1 Å². The first-order valence-electron chi connectivity index (χ1n) is 10.2. The highest BCUT2D eigenvalue weighted by Crippen LogP contribution is 2.26. The van der Waals surface area contributed by atoms with Gasteiger partial charge in [0.2, 0.25) is 0 Å². The van der Waals surface area contributed by atoms with E-state index in [1.54, 1.807) is 0 Å². The molecule has 3 rings (SSSR count). The van der Waals surface area contributed by atoms with Crippen LogP contribution in [0.2, 0.25) is 0 Å². The first-order chi connectivity index (χ1) is 11.8. The zero-order chi connectivity index (χ0) is 16.8. The van der Waals surface area contributed by atoms with Crippen LogP contribution in [0.25, 0.3) is 0 Å². The second-order valence-corrected chi connectivity index (χ2v) is 7.92. The molecule has 2 N–H and O–H groups in total. The van der Waals surface area contributed by atoms with Gasteiger partial charge >= 0.3 is 0 Å². The molecular formula is C19H37N5. The Labute approximate surface area is 148 Å². The Morgan fingerprint density at radius 1 is 1.04 bits per heavy atom. The summed E-state index contributed by atoms with van der Waals surface area (Å²) in [5, 5.41) is 7.26. The lowest BCUT2D eigenvalue weighted by atomic mass is 9.98. The van der Waals surface area contributed by atoms with Crippen LogP contribution in [0, 0.1) is 5.92 Å². The van der Waals surface area contributed by atoms with Crippen molar-refractivity contribution < 1.29 is 0 Å². The molecule has 0 aromatic heterocycles. The fourth-order valence-corrected chi connectivity index (χ4v) is 4.74. The number of hydrogen-bond donors (Lipinski definition) is 2. The average molecular weight is 336 g/mol. The van der Waals surface area contributed by atoms with Gasteiger partial charge < -0.3 is 15.5 Å². The summed E-state index contributed by atoms with van der Waals surface area (Å²) in [6.07, 6.45) is 9.62. The zero-order valence-corrected chi connectivity index (χ0v) is 15.8. The predicted octanol–water partition coefficient (Wildman–Crippen LogP) is 1.90. The van der Waals surface area contributed by atoms with Crippen LogP contribution in [0.1, 0.15) is 51.9 Å². The molecule has 2 unspecified atom stereocenters. The molecular weight excluding hydrogens is 298 g/mol. The van der Waals surface area contributed by atoms with Crippen molar-refractivity contribution in [2.45, 2.75) is 64.0 Å². The molecule has 2 aliphatic heterocycles. The fourth-order valence-electron chi connectivity index (χ4n) is 4.74. The van der Waals surface area contributed by atoms with E-state index in [0.717, 1.165) is 24.5 Å². The van der Waals surface area contributed by atoms with Gasteiger partial charge in [-0.15, -0.1) is 0 Å². The van der Waals surface area contributed by atoms with E-state index in [2.05, 4.69) is 32.3 Å². The molecule has 5 heteroatoms. The normalized spacial score (nSPS) is 30.8.